The third-order valence-corrected chi connectivity index (χ3v) is 12.5. The van der Waals surface area contributed by atoms with E-state index in [0.717, 1.165) is 77.0 Å². The Balaban J connectivity index is 2.60. The highest BCUT2D eigenvalue weighted by atomic mass is 31.2. The summed E-state index contributed by atoms with van der Waals surface area (Å²) in [5.41, 5.74) is 0. The second-order valence-electron chi connectivity index (χ2n) is 16.8. The van der Waals surface area contributed by atoms with Crippen molar-refractivity contribution in [1.29, 1.82) is 0 Å². The highest BCUT2D eigenvalue weighted by Crippen LogP contribution is 2.49. The van der Waals surface area contributed by atoms with Gasteiger partial charge in [0.05, 0.1) is 6.61 Å². The topological polar surface area (TPSA) is 256 Å². The first kappa shape index (κ1) is 59.5. The zero-order valence-corrected chi connectivity index (χ0v) is 40.1. The minimum absolute atomic E-state index is 0.0342. The van der Waals surface area contributed by atoms with Crippen LogP contribution in [0.25, 0.3) is 0 Å². The summed E-state index contributed by atoms with van der Waals surface area (Å²) in [6, 6.07) is 0. The number of aliphatic hydroxyl groups is 4. The van der Waals surface area contributed by atoms with E-state index in [0.29, 0.717) is 12.8 Å². The normalized spacial score (nSPS) is 22.1. The maximum atomic E-state index is 13.0. The van der Waals surface area contributed by atoms with Crippen molar-refractivity contribution in [2.75, 3.05) is 13.2 Å². The van der Waals surface area contributed by atoms with Gasteiger partial charge < -0.3 is 44.6 Å². The molecule has 370 valence electrons. The van der Waals surface area contributed by atoms with Crippen LogP contribution >= 0.6 is 15.6 Å². The molecule has 0 heterocycles. The van der Waals surface area contributed by atoms with Gasteiger partial charge in [0, 0.05) is 12.8 Å². The maximum absolute atomic E-state index is 13.0. The van der Waals surface area contributed by atoms with Crippen LogP contribution < -0.4 is 0 Å². The van der Waals surface area contributed by atoms with Crippen LogP contribution in [0.4, 0.5) is 0 Å². The van der Waals surface area contributed by atoms with Crippen molar-refractivity contribution >= 4 is 27.6 Å². The first-order valence-corrected chi connectivity index (χ1v) is 26.9. The summed E-state index contributed by atoms with van der Waals surface area (Å²) >= 11 is 0. The van der Waals surface area contributed by atoms with Crippen LogP contribution in [0.1, 0.15) is 194 Å². The fraction of sp³-hybridized carbons (Fsp3) is 0.867. The Labute approximate surface area is 377 Å². The van der Waals surface area contributed by atoms with Crippen molar-refractivity contribution in [1.82, 2.24) is 0 Å². The molecule has 0 aromatic heterocycles. The second-order valence-corrected chi connectivity index (χ2v) is 19.4. The summed E-state index contributed by atoms with van der Waals surface area (Å²) in [5.74, 6) is -1.22. The quantitative estimate of drug-likeness (QED) is 0.0131. The number of phosphoric ester groups is 2. The Morgan fingerprint density at radius 2 is 0.873 bits per heavy atom. The molecule has 63 heavy (non-hydrogen) atoms. The summed E-state index contributed by atoms with van der Waals surface area (Å²) in [5, 5.41) is 41.2. The van der Waals surface area contributed by atoms with Crippen LogP contribution in [0.2, 0.25) is 0 Å². The molecule has 1 aliphatic carbocycles. The average Bonchev–Trinajstić information content (AvgIpc) is 3.23. The van der Waals surface area contributed by atoms with Crippen LogP contribution in [0.15, 0.2) is 24.3 Å². The number of carbonyl (C=O) groups is 2. The number of aliphatic hydroxyl groups excluding tert-OH is 4. The van der Waals surface area contributed by atoms with Crippen LogP contribution in [-0.4, -0.2) is 103 Å². The van der Waals surface area contributed by atoms with E-state index in [1.165, 1.54) is 77.0 Å². The molecule has 1 rings (SSSR count). The molecule has 7 N–H and O–H groups in total. The largest absolute Gasteiger partial charge is 0.472 e. The lowest BCUT2D eigenvalue weighted by Crippen LogP contribution is -2.64. The van der Waals surface area contributed by atoms with Crippen LogP contribution in [0, 0.1) is 0 Å². The van der Waals surface area contributed by atoms with E-state index >= 15 is 0 Å². The van der Waals surface area contributed by atoms with Gasteiger partial charge in [0.2, 0.25) is 0 Å². The lowest BCUT2D eigenvalue weighted by Gasteiger charge is -2.43. The third-order valence-electron chi connectivity index (χ3n) is 11.0. The fourth-order valence-electron chi connectivity index (χ4n) is 7.25. The van der Waals surface area contributed by atoms with Gasteiger partial charge in [-0.25, -0.2) is 9.13 Å². The zero-order valence-electron chi connectivity index (χ0n) is 38.3. The number of ether oxygens (including phenoxy) is 2. The molecule has 0 aromatic carbocycles. The molecule has 8 unspecified atom stereocenters. The summed E-state index contributed by atoms with van der Waals surface area (Å²) in [6.45, 7) is 3.09. The summed E-state index contributed by atoms with van der Waals surface area (Å²) < 4.78 is 49.4. The highest BCUT2D eigenvalue weighted by molar-refractivity contribution is 7.47. The lowest BCUT2D eigenvalue weighted by molar-refractivity contribution is -0.216. The molecule has 8 atom stereocenters. The van der Waals surface area contributed by atoms with E-state index in [-0.39, 0.29) is 12.8 Å². The summed E-state index contributed by atoms with van der Waals surface area (Å²) in [6.07, 6.45) is 22.8. The Morgan fingerprint density at radius 3 is 1.30 bits per heavy atom. The zero-order chi connectivity index (χ0) is 46.8. The van der Waals surface area contributed by atoms with Gasteiger partial charge in [-0.2, -0.15) is 0 Å². The Kier molecular flexibility index (Phi) is 34.5. The molecule has 0 radical (unpaired) electrons. The van der Waals surface area contributed by atoms with E-state index in [2.05, 4.69) is 42.7 Å². The van der Waals surface area contributed by atoms with Crippen molar-refractivity contribution in [3.63, 3.8) is 0 Å². The predicted molar refractivity (Wildman–Crippen MR) is 241 cm³/mol. The van der Waals surface area contributed by atoms with E-state index < -0.39 is 83.5 Å². The van der Waals surface area contributed by atoms with Crippen molar-refractivity contribution in [3.8, 4) is 0 Å². The van der Waals surface area contributed by atoms with E-state index in [1.54, 1.807) is 0 Å². The Morgan fingerprint density at radius 1 is 0.492 bits per heavy atom. The predicted octanol–water partition coefficient (Wildman–Crippen LogP) is 8.95. The number of rotatable bonds is 40. The molecule has 0 aliphatic heterocycles. The summed E-state index contributed by atoms with van der Waals surface area (Å²) in [4.78, 5) is 54.2. The molecule has 0 aromatic rings. The van der Waals surface area contributed by atoms with Crippen molar-refractivity contribution in [3.05, 3.63) is 24.3 Å². The molecule has 1 aliphatic rings. The minimum atomic E-state index is -5.36. The lowest BCUT2D eigenvalue weighted by atomic mass is 9.85. The van der Waals surface area contributed by atoms with Gasteiger partial charge in [-0.1, -0.05) is 141 Å². The smallest absolute Gasteiger partial charge is 0.462 e. The molecule has 0 bridgehead atoms. The van der Waals surface area contributed by atoms with E-state index in [4.69, 9.17) is 28.3 Å². The monoisotopic (exact) mass is 943 g/mol. The number of allylic oxidation sites excluding steroid dienone is 4. The Bertz CT molecular complexity index is 1330. The van der Waals surface area contributed by atoms with Gasteiger partial charge in [-0.05, 0) is 64.2 Å². The van der Waals surface area contributed by atoms with Gasteiger partial charge in [-0.3, -0.25) is 23.2 Å². The van der Waals surface area contributed by atoms with Crippen LogP contribution in [-0.2, 0) is 41.8 Å². The van der Waals surface area contributed by atoms with E-state index in [1.807, 2.05) is 0 Å². The Hall–Kier alpha value is -1.52. The molecule has 18 heteroatoms. The van der Waals surface area contributed by atoms with Crippen molar-refractivity contribution < 1.29 is 76.9 Å². The molecular formula is C45H84O16P2. The first-order chi connectivity index (χ1) is 30.1. The van der Waals surface area contributed by atoms with Crippen molar-refractivity contribution in [2.45, 2.75) is 236 Å². The third kappa shape index (κ3) is 31.2. The fourth-order valence-corrected chi connectivity index (χ4v) is 8.79. The van der Waals surface area contributed by atoms with E-state index in [9.17, 15) is 44.0 Å². The number of phosphoric acid groups is 2. The van der Waals surface area contributed by atoms with Gasteiger partial charge in [-0.15, -0.1) is 0 Å². The summed E-state index contributed by atoms with van der Waals surface area (Å²) in [7, 11) is -10.7. The molecule has 0 saturated heterocycles. The molecule has 1 fully saturated rings. The van der Waals surface area contributed by atoms with Gasteiger partial charge in [0.25, 0.3) is 0 Å². The number of hydrogen-bond donors (Lipinski definition) is 7. The SMILES string of the molecule is CCCCCCCC/C=C/CCCCCCCC(=O)OCC(COP(=O)(O)OC1C(O)C(O)C(O)C(OP(=O)(O)O)C1O)OC(=O)CCCCCCC/C=C/CCCCCCCC. The molecule has 0 spiro atoms. The highest BCUT2D eigenvalue weighted by Gasteiger charge is 2.54. The minimum Gasteiger partial charge on any atom is -0.462 e. The second kappa shape index (κ2) is 36.6. The average molecular weight is 943 g/mol. The number of carbonyl (C=O) groups excluding carboxylic acids is 2. The molecule has 1 saturated carbocycles. The van der Waals surface area contributed by atoms with Gasteiger partial charge in [0.1, 0.15) is 43.2 Å². The number of esters is 2. The number of hydrogen-bond acceptors (Lipinski definition) is 13. The van der Waals surface area contributed by atoms with Gasteiger partial charge in [0.15, 0.2) is 6.10 Å². The van der Waals surface area contributed by atoms with Crippen molar-refractivity contribution in [2.24, 2.45) is 0 Å². The van der Waals surface area contributed by atoms with Crippen LogP contribution in [0.5, 0.6) is 0 Å². The first-order valence-electron chi connectivity index (χ1n) is 23.9. The molecule has 0 amide bonds. The van der Waals surface area contributed by atoms with Crippen LogP contribution in [0.3, 0.4) is 0 Å². The standard InChI is InChI=1S/C45H84O16P2/c1-3-5-7-9-11-13-15-17-19-21-23-25-27-29-31-33-38(46)57-35-37(59-39(47)34-32-30-28-26-24-22-20-18-16-14-12-10-8-6-4-2)36-58-63(55,56)61-45-42(50)40(48)41(49)44(43(45)51)60-62(52,53)54/h17-20,37,40-45,48-51H,3-16,21-36H2,1-2H3,(H,55,56)(H2,52,53,54)/b19-17+,20-18+. The molecule has 16 nitrogen and oxygen atoms in total. The maximum Gasteiger partial charge on any atom is 0.472 e. The number of unbranched alkanes of at least 4 members (excludes halogenated alkanes) is 22. The van der Waals surface area contributed by atoms with Gasteiger partial charge >= 0.3 is 27.6 Å². The molecular weight excluding hydrogens is 858 g/mol.